The molecule has 0 saturated carbocycles. The lowest BCUT2D eigenvalue weighted by Gasteiger charge is -2.28. The molecular formula is C26H34N6S2. The molecule has 0 bridgehead atoms. The molecule has 180 valence electrons. The van der Waals surface area contributed by atoms with Crippen molar-refractivity contribution in [1.82, 2.24) is 19.0 Å². The molecule has 0 saturated heterocycles. The van der Waals surface area contributed by atoms with Crippen molar-refractivity contribution >= 4 is 42.0 Å². The molecule has 0 aliphatic heterocycles. The second-order valence-electron chi connectivity index (χ2n) is 8.08. The minimum absolute atomic E-state index is 0.396. The van der Waals surface area contributed by atoms with E-state index in [0.717, 1.165) is 43.5 Å². The molecule has 1 aromatic heterocycles. The van der Waals surface area contributed by atoms with Gasteiger partial charge in [0.25, 0.3) is 0 Å². The average molecular weight is 495 g/mol. The summed E-state index contributed by atoms with van der Waals surface area (Å²) < 4.78 is 4.77. The van der Waals surface area contributed by atoms with Crippen LogP contribution in [0.15, 0.2) is 53.5 Å². The molecule has 3 rings (SSSR count). The Bertz CT molecular complexity index is 1250. The number of benzene rings is 2. The van der Waals surface area contributed by atoms with Crippen LogP contribution in [0, 0.1) is 23.4 Å². The third kappa shape index (κ3) is 5.45. The molecule has 8 heteroatoms. The fourth-order valence-electron chi connectivity index (χ4n) is 3.77. The number of rotatable bonds is 7. The summed E-state index contributed by atoms with van der Waals surface area (Å²) in [6, 6.07) is 16.4. The van der Waals surface area contributed by atoms with E-state index in [0.29, 0.717) is 15.5 Å². The van der Waals surface area contributed by atoms with Crippen LogP contribution in [0.3, 0.4) is 0 Å². The van der Waals surface area contributed by atoms with Gasteiger partial charge in [0.05, 0.1) is 11.4 Å². The number of aliphatic imine (C=N–C) groups is 1. The zero-order valence-corrected chi connectivity index (χ0v) is 22.6. The molecule has 0 amide bonds. The maximum Gasteiger partial charge on any atom is 0.215 e. The molecule has 1 heterocycles. The normalized spacial score (nSPS) is 11.5. The van der Waals surface area contributed by atoms with E-state index in [-0.39, 0.29) is 0 Å². The fraction of sp³-hybridized carbons (Fsp3) is 0.385. The standard InChI is InChI=1S/C26H34N6S2/c1-7-29(8-2)23(27-21-15-11-19(5)12-16-21)32-25(33)28-24(30(9-3)10-4)31(26(32)34)22-17-13-20(6)14-18-22/h11-18H,7-10H2,1-6H3. The monoisotopic (exact) mass is 494 g/mol. The smallest absolute Gasteiger partial charge is 0.215 e. The van der Waals surface area contributed by atoms with Gasteiger partial charge in [-0.1, -0.05) is 35.4 Å². The second-order valence-corrected chi connectivity index (χ2v) is 8.81. The molecule has 0 unspecified atom stereocenters. The summed E-state index contributed by atoms with van der Waals surface area (Å²) in [5, 5.41) is 0. The lowest BCUT2D eigenvalue weighted by atomic mass is 10.2. The summed E-state index contributed by atoms with van der Waals surface area (Å²) in [6.07, 6.45) is 0. The molecule has 0 radical (unpaired) electrons. The van der Waals surface area contributed by atoms with Crippen molar-refractivity contribution in [3.63, 3.8) is 0 Å². The van der Waals surface area contributed by atoms with E-state index >= 15 is 0 Å². The quantitative estimate of drug-likeness (QED) is 0.214. The average Bonchev–Trinajstić information content (AvgIpc) is 2.83. The van der Waals surface area contributed by atoms with Gasteiger partial charge >= 0.3 is 0 Å². The zero-order chi connectivity index (χ0) is 24.8. The highest BCUT2D eigenvalue weighted by Gasteiger charge is 2.20. The summed E-state index contributed by atoms with van der Waals surface area (Å²) in [4.78, 5) is 14.2. The number of aryl methyl sites for hydroxylation is 2. The van der Waals surface area contributed by atoms with Crippen LogP contribution in [0.5, 0.6) is 0 Å². The molecule has 6 nitrogen and oxygen atoms in total. The predicted octanol–water partition coefficient (Wildman–Crippen LogP) is 6.47. The second kappa shape index (κ2) is 11.5. The summed E-state index contributed by atoms with van der Waals surface area (Å²) >= 11 is 11.9. The first-order valence-corrected chi connectivity index (χ1v) is 12.6. The molecule has 0 aliphatic rings. The molecule has 2 aromatic carbocycles. The molecule has 0 spiro atoms. The van der Waals surface area contributed by atoms with Gasteiger partial charge < -0.3 is 9.80 Å². The first-order valence-electron chi connectivity index (χ1n) is 11.8. The first-order chi connectivity index (χ1) is 16.3. The highest BCUT2D eigenvalue weighted by Crippen LogP contribution is 2.22. The van der Waals surface area contributed by atoms with Gasteiger partial charge in [-0.2, -0.15) is 4.98 Å². The number of anilines is 1. The Morgan fingerprint density at radius 1 is 0.824 bits per heavy atom. The van der Waals surface area contributed by atoms with E-state index in [1.807, 2.05) is 21.3 Å². The first kappa shape index (κ1) is 25.8. The van der Waals surface area contributed by atoms with Crippen LogP contribution in [0.2, 0.25) is 0 Å². The lowest BCUT2D eigenvalue weighted by Crippen LogP contribution is -2.38. The Morgan fingerprint density at radius 2 is 1.35 bits per heavy atom. The third-order valence-corrected chi connectivity index (χ3v) is 6.46. The maximum atomic E-state index is 6.11. The van der Waals surface area contributed by atoms with Crippen molar-refractivity contribution in [3.8, 4) is 5.69 Å². The molecule has 0 N–H and O–H groups in total. The van der Waals surface area contributed by atoms with Gasteiger partial charge in [-0.05, 0) is 90.2 Å². The van der Waals surface area contributed by atoms with Crippen LogP contribution >= 0.6 is 24.4 Å². The Kier molecular flexibility index (Phi) is 8.74. The third-order valence-electron chi connectivity index (χ3n) is 5.82. The largest absolute Gasteiger partial charge is 0.342 e. The van der Waals surface area contributed by atoms with Crippen molar-refractivity contribution < 1.29 is 0 Å². The van der Waals surface area contributed by atoms with Crippen molar-refractivity contribution in [2.24, 2.45) is 4.99 Å². The van der Waals surface area contributed by atoms with Crippen LogP contribution in [0.1, 0.15) is 38.8 Å². The lowest BCUT2D eigenvalue weighted by molar-refractivity contribution is 0.446. The van der Waals surface area contributed by atoms with Crippen molar-refractivity contribution in [3.05, 3.63) is 69.2 Å². The van der Waals surface area contributed by atoms with Gasteiger partial charge in [0.1, 0.15) is 0 Å². The van der Waals surface area contributed by atoms with E-state index in [4.69, 9.17) is 34.4 Å². The highest BCUT2D eigenvalue weighted by molar-refractivity contribution is 7.72. The van der Waals surface area contributed by atoms with Gasteiger partial charge in [-0.25, -0.2) is 9.56 Å². The van der Waals surface area contributed by atoms with E-state index in [1.165, 1.54) is 11.1 Å². The minimum Gasteiger partial charge on any atom is -0.342 e. The van der Waals surface area contributed by atoms with E-state index in [9.17, 15) is 0 Å². The molecule has 3 aromatic rings. The summed E-state index contributed by atoms with van der Waals surface area (Å²) in [7, 11) is 0. The van der Waals surface area contributed by atoms with Gasteiger partial charge in [-0.3, -0.25) is 4.57 Å². The van der Waals surface area contributed by atoms with Crippen LogP contribution in [-0.4, -0.2) is 51.2 Å². The molecule has 0 aliphatic carbocycles. The van der Waals surface area contributed by atoms with Gasteiger partial charge in [0, 0.05) is 26.2 Å². The Morgan fingerprint density at radius 3 is 1.85 bits per heavy atom. The van der Waals surface area contributed by atoms with E-state index < -0.39 is 0 Å². The topological polar surface area (TPSA) is 41.6 Å². The maximum absolute atomic E-state index is 6.11. The zero-order valence-electron chi connectivity index (χ0n) is 20.9. The van der Waals surface area contributed by atoms with Crippen LogP contribution in [-0.2, 0) is 0 Å². The summed E-state index contributed by atoms with van der Waals surface area (Å²) in [6.45, 7) is 15.7. The SMILES string of the molecule is CCN(CC)C(=Nc1ccc(C)cc1)n1c(=S)nc(N(CC)CC)n(-c2ccc(C)cc2)c1=S. The van der Waals surface area contributed by atoms with Crippen LogP contribution < -0.4 is 4.90 Å². The molecular weight excluding hydrogens is 460 g/mol. The molecule has 34 heavy (non-hydrogen) atoms. The Labute approximate surface area is 213 Å². The highest BCUT2D eigenvalue weighted by atomic mass is 32.1. The number of hydrogen-bond acceptors (Lipinski definition) is 5. The van der Waals surface area contributed by atoms with E-state index in [1.54, 1.807) is 0 Å². The Balaban J connectivity index is 2.37. The van der Waals surface area contributed by atoms with Gasteiger partial charge in [-0.15, -0.1) is 0 Å². The van der Waals surface area contributed by atoms with Crippen molar-refractivity contribution in [1.29, 1.82) is 0 Å². The number of hydrogen-bond donors (Lipinski definition) is 0. The predicted molar refractivity (Wildman–Crippen MR) is 148 cm³/mol. The fourth-order valence-corrected chi connectivity index (χ4v) is 4.43. The minimum atomic E-state index is 0.396. The summed E-state index contributed by atoms with van der Waals surface area (Å²) in [5.41, 5.74) is 4.16. The van der Waals surface area contributed by atoms with Crippen molar-refractivity contribution in [2.75, 3.05) is 31.1 Å². The molecule has 0 atom stereocenters. The van der Waals surface area contributed by atoms with Crippen molar-refractivity contribution in [2.45, 2.75) is 41.5 Å². The number of aromatic nitrogens is 3. The van der Waals surface area contributed by atoms with Gasteiger partial charge in [0.2, 0.25) is 16.7 Å². The Hall–Kier alpha value is -2.84. The van der Waals surface area contributed by atoms with Crippen LogP contribution in [0.4, 0.5) is 11.6 Å². The molecule has 0 fully saturated rings. The van der Waals surface area contributed by atoms with Crippen LogP contribution in [0.25, 0.3) is 5.69 Å². The van der Waals surface area contributed by atoms with Gasteiger partial charge in [0.15, 0.2) is 4.77 Å². The van der Waals surface area contributed by atoms with E-state index in [2.05, 4.69) is 87.7 Å². The number of nitrogens with zero attached hydrogens (tertiary/aromatic N) is 6. The summed E-state index contributed by atoms with van der Waals surface area (Å²) in [5.74, 6) is 1.43.